The molecule has 0 saturated carbocycles. The van der Waals surface area contributed by atoms with Gasteiger partial charge in [-0.3, -0.25) is 0 Å². The lowest BCUT2D eigenvalue weighted by atomic mass is 10.1. The molecule has 0 heterocycles. The summed E-state index contributed by atoms with van der Waals surface area (Å²) < 4.78 is 11.0. The third-order valence-corrected chi connectivity index (χ3v) is 2.73. The fourth-order valence-corrected chi connectivity index (χ4v) is 1.85. The summed E-state index contributed by atoms with van der Waals surface area (Å²) in [5.41, 5.74) is 6.32. The van der Waals surface area contributed by atoms with Gasteiger partial charge in [0.2, 0.25) is 0 Å². The molecule has 2 atom stereocenters. The molecule has 0 aliphatic carbocycles. The first-order valence-corrected chi connectivity index (χ1v) is 6.76. The Balaban J connectivity index is 2.25. The highest BCUT2D eigenvalue weighted by Crippen LogP contribution is 2.19. The van der Waals surface area contributed by atoms with Crippen LogP contribution in [0.25, 0.3) is 0 Å². The number of nitrogen functional groups attached to an aromatic ring is 1. The summed E-state index contributed by atoms with van der Waals surface area (Å²) in [6.07, 6.45) is 0.491. The summed E-state index contributed by atoms with van der Waals surface area (Å²) in [7, 11) is 0. The number of nitrogens with two attached hydrogens (primary N) is 1. The Morgan fingerprint density at radius 1 is 1.16 bits per heavy atom. The van der Waals surface area contributed by atoms with Gasteiger partial charge < -0.3 is 20.3 Å². The van der Waals surface area contributed by atoms with Gasteiger partial charge in [-0.05, 0) is 31.4 Å². The SMILES string of the molecule is CC(C)CC(C)OCC(O)COc1ccccc1N. The minimum absolute atomic E-state index is 0.149. The molecule has 4 nitrogen and oxygen atoms in total. The van der Waals surface area contributed by atoms with Crippen molar-refractivity contribution in [2.75, 3.05) is 18.9 Å². The predicted molar refractivity (Wildman–Crippen MR) is 77.2 cm³/mol. The maximum absolute atomic E-state index is 9.79. The Kier molecular flexibility index (Phi) is 6.67. The van der Waals surface area contributed by atoms with Crippen molar-refractivity contribution in [2.45, 2.75) is 39.4 Å². The molecule has 1 aromatic rings. The van der Waals surface area contributed by atoms with Crippen LogP contribution in [-0.2, 0) is 4.74 Å². The predicted octanol–water partition coefficient (Wildman–Crippen LogP) is 2.46. The van der Waals surface area contributed by atoms with Crippen molar-refractivity contribution < 1.29 is 14.6 Å². The first-order chi connectivity index (χ1) is 8.99. The second-order valence-corrected chi connectivity index (χ2v) is 5.28. The number of para-hydroxylation sites is 2. The molecule has 4 heteroatoms. The van der Waals surface area contributed by atoms with E-state index in [1.54, 1.807) is 12.1 Å². The van der Waals surface area contributed by atoms with Gasteiger partial charge in [-0.25, -0.2) is 0 Å². The van der Waals surface area contributed by atoms with Crippen molar-refractivity contribution in [3.05, 3.63) is 24.3 Å². The van der Waals surface area contributed by atoms with E-state index in [1.807, 2.05) is 19.1 Å². The molecule has 0 amide bonds. The second-order valence-electron chi connectivity index (χ2n) is 5.28. The van der Waals surface area contributed by atoms with E-state index in [9.17, 15) is 5.11 Å². The van der Waals surface area contributed by atoms with Crippen molar-refractivity contribution in [1.82, 2.24) is 0 Å². The van der Waals surface area contributed by atoms with Crippen LogP contribution in [0.2, 0.25) is 0 Å². The molecule has 0 spiro atoms. The summed E-state index contributed by atoms with van der Waals surface area (Å²) >= 11 is 0. The Labute approximate surface area is 115 Å². The number of rotatable bonds is 8. The maximum Gasteiger partial charge on any atom is 0.142 e. The van der Waals surface area contributed by atoms with Gasteiger partial charge in [-0.1, -0.05) is 26.0 Å². The maximum atomic E-state index is 9.79. The van der Waals surface area contributed by atoms with Crippen LogP contribution in [0.1, 0.15) is 27.2 Å². The molecular weight excluding hydrogens is 242 g/mol. The van der Waals surface area contributed by atoms with Gasteiger partial charge >= 0.3 is 0 Å². The Bertz CT molecular complexity index is 368. The van der Waals surface area contributed by atoms with E-state index in [4.69, 9.17) is 15.2 Å². The van der Waals surface area contributed by atoms with Crippen molar-refractivity contribution in [3.8, 4) is 5.75 Å². The highest BCUT2D eigenvalue weighted by Gasteiger charge is 2.11. The van der Waals surface area contributed by atoms with E-state index in [2.05, 4.69) is 13.8 Å². The van der Waals surface area contributed by atoms with Gasteiger partial charge in [-0.15, -0.1) is 0 Å². The molecule has 108 valence electrons. The van der Waals surface area contributed by atoms with E-state index in [0.29, 0.717) is 17.4 Å². The highest BCUT2D eigenvalue weighted by atomic mass is 16.5. The fraction of sp³-hybridized carbons (Fsp3) is 0.600. The largest absolute Gasteiger partial charge is 0.489 e. The number of benzene rings is 1. The lowest BCUT2D eigenvalue weighted by Crippen LogP contribution is -2.26. The molecular formula is C15H25NO3. The number of aliphatic hydroxyl groups is 1. The van der Waals surface area contributed by atoms with Crippen molar-refractivity contribution in [3.63, 3.8) is 0 Å². The summed E-state index contributed by atoms with van der Waals surface area (Å²) in [4.78, 5) is 0. The van der Waals surface area contributed by atoms with Crippen molar-refractivity contribution >= 4 is 5.69 Å². The Morgan fingerprint density at radius 2 is 1.84 bits per heavy atom. The summed E-state index contributed by atoms with van der Waals surface area (Å²) in [5, 5.41) is 9.79. The van der Waals surface area contributed by atoms with E-state index in [0.717, 1.165) is 6.42 Å². The van der Waals surface area contributed by atoms with Crippen LogP contribution in [0, 0.1) is 5.92 Å². The van der Waals surface area contributed by atoms with Crippen LogP contribution in [0.5, 0.6) is 5.75 Å². The number of anilines is 1. The summed E-state index contributed by atoms with van der Waals surface area (Å²) in [6, 6.07) is 7.24. The third-order valence-electron chi connectivity index (χ3n) is 2.73. The third kappa shape index (κ3) is 6.45. The molecule has 3 N–H and O–H groups in total. The lowest BCUT2D eigenvalue weighted by Gasteiger charge is -2.18. The minimum atomic E-state index is -0.644. The lowest BCUT2D eigenvalue weighted by molar-refractivity contribution is -0.0241. The Hall–Kier alpha value is -1.26. The summed E-state index contributed by atoms with van der Waals surface area (Å²) in [5.74, 6) is 1.18. The van der Waals surface area contributed by atoms with Crippen LogP contribution < -0.4 is 10.5 Å². The molecule has 0 aliphatic heterocycles. The van der Waals surface area contributed by atoms with E-state index in [1.165, 1.54) is 0 Å². The standard InChI is InChI=1S/C15H25NO3/c1-11(2)8-12(3)18-9-13(17)10-19-15-7-5-4-6-14(15)16/h4-7,11-13,17H,8-10,16H2,1-3H3. The molecule has 1 aromatic carbocycles. The molecule has 2 unspecified atom stereocenters. The first kappa shape index (κ1) is 15.8. The van der Waals surface area contributed by atoms with Gasteiger partial charge in [-0.2, -0.15) is 0 Å². The molecule has 0 aliphatic rings. The molecule has 1 rings (SSSR count). The van der Waals surface area contributed by atoms with Crippen LogP contribution in [0.4, 0.5) is 5.69 Å². The van der Waals surface area contributed by atoms with Crippen LogP contribution >= 0.6 is 0 Å². The zero-order chi connectivity index (χ0) is 14.3. The van der Waals surface area contributed by atoms with Crippen LogP contribution in [-0.4, -0.2) is 30.5 Å². The van der Waals surface area contributed by atoms with E-state index < -0.39 is 6.10 Å². The summed E-state index contributed by atoms with van der Waals surface area (Å²) in [6.45, 7) is 6.78. The number of aliphatic hydroxyl groups excluding tert-OH is 1. The highest BCUT2D eigenvalue weighted by molar-refractivity contribution is 5.51. The van der Waals surface area contributed by atoms with E-state index in [-0.39, 0.29) is 19.3 Å². The van der Waals surface area contributed by atoms with Gasteiger partial charge in [0.05, 0.1) is 18.4 Å². The minimum Gasteiger partial charge on any atom is -0.489 e. The topological polar surface area (TPSA) is 64.7 Å². The molecule has 0 fully saturated rings. The molecule has 0 radical (unpaired) electrons. The zero-order valence-electron chi connectivity index (χ0n) is 12.0. The molecule has 0 saturated heterocycles. The Morgan fingerprint density at radius 3 is 2.47 bits per heavy atom. The van der Waals surface area contributed by atoms with Crippen LogP contribution in [0.3, 0.4) is 0 Å². The first-order valence-electron chi connectivity index (χ1n) is 6.76. The monoisotopic (exact) mass is 267 g/mol. The van der Waals surface area contributed by atoms with E-state index >= 15 is 0 Å². The number of ether oxygens (including phenoxy) is 2. The fourth-order valence-electron chi connectivity index (χ4n) is 1.85. The normalized spacial score (nSPS) is 14.4. The van der Waals surface area contributed by atoms with Gasteiger partial charge in [0.1, 0.15) is 18.5 Å². The quantitative estimate of drug-likeness (QED) is 0.710. The molecule has 19 heavy (non-hydrogen) atoms. The van der Waals surface area contributed by atoms with Gasteiger partial charge in [0.25, 0.3) is 0 Å². The molecule has 0 bridgehead atoms. The molecule has 0 aromatic heterocycles. The van der Waals surface area contributed by atoms with Crippen molar-refractivity contribution in [1.29, 1.82) is 0 Å². The smallest absolute Gasteiger partial charge is 0.142 e. The second kappa shape index (κ2) is 8.02. The van der Waals surface area contributed by atoms with Crippen LogP contribution in [0.15, 0.2) is 24.3 Å². The average molecular weight is 267 g/mol. The number of hydrogen-bond acceptors (Lipinski definition) is 4. The average Bonchev–Trinajstić information content (AvgIpc) is 2.34. The zero-order valence-corrected chi connectivity index (χ0v) is 12.0. The van der Waals surface area contributed by atoms with Gasteiger partial charge in [0, 0.05) is 0 Å². The van der Waals surface area contributed by atoms with Gasteiger partial charge in [0.15, 0.2) is 0 Å². The number of hydrogen-bond donors (Lipinski definition) is 2. The van der Waals surface area contributed by atoms with Crippen molar-refractivity contribution in [2.24, 2.45) is 5.92 Å².